The summed E-state index contributed by atoms with van der Waals surface area (Å²) in [4.78, 5) is 2.79. The zero-order valence-electron chi connectivity index (χ0n) is 11.0. The monoisotopic (exact) mass is 236 g/mol. The molecule has 0 unspecified atom stereocenters. The number of hydrogen-bond acceptors (Lipinski definition) is 3. The average Bonchev–Trinajstić information content (AvgIpc) is 2.70. The van der Waals surface area contributed by atoms with E-state index in [1.165, 1.54) is 32.4 Å². The van der Waals surface area contributed by atoms with E-state index in [9.17, 15) is 0 Å². The maximum Gasteiger partial charge on any atom is 0.0678 e. The summed E-state index contributed by atoms with van der Waals surface area (Å²) in [6.45, 7) is 9.25. The standard InChI is InChI=1S/C14H24N2O/c1-10-6-16(7-11(2)17-10)14-9-15-8-13(14)5-3-4-12(13)14/h10-12,15H,3-9H2,1-2H3/t10-,11-,12+,13-,14+/m1/s1. The SMILES string of the molecule is C[C@@H]1CN([C@]23CNC[C@@]24CCC[C@@H]43)C[C@@H](C)O1. The first-order valence-electron chi connectivity index (χ1n) is 7.30. The normalized spacial score (nSPS) is 57.9. The van der Waals surface area contributed by atoms with E-state index in [2.05, 4.69) is 24.1 Å². The number of nitrogens with one attached hydrogen (secondary N) is 1. The summed E-state index contributed by atoms with van der Waals surface area (Å²) < 4.78 is 5.90. The highest BCUT2D eigenvalue weighted by atomic mass is 16.5. The molecule has 0 radical (unpaired) electrons. The molecule has 5 atom stereocenters. The van der Waals surface area contributed by atoms with E-state index in [-0.39, 0.29) is 0 Å². The predicted molar refractivity (Wildman–Crippen MR) is 67.0 cm³/mol. The van der Waals surface area contributed by atoms with Crippen molar-refractivity contribution < 1.29 is 4.74 Å². The summed E-state index contributed by atoms with van der Waals surface area (Å²) in [5.74, 6) is 0.994. The van der Waals surface area contributed by atoms with Crippen molar-refractivity contribution in [2.24, 2.45) is 11.3 Å². The van der Waals surface area contributed by atoms with Gasteiger partial charge in [0.2, 0.25) is 0 Å². The summed E-state index contributed by atoms with van der Waals surface area (Å²) in [5, 5.41) is 3.67. The quantitative estimate of drug-likeness (QED) is 0.741. The molecule has 2 heterocycles. The molecule has 2 saturated heterocycles. The lowest BCUT2D eigenvalue weighted by Crippen LogP contribution is -2.55. The molecule has 2 aliphatic heterocycles. The van der Waals surface area contributed by atoms with Crippen LogP contribution in [-0.4, -0.2) is 48.8 Å². The van der Waals surface area contributed by atoms with Crippen LogP contribution in [0.25, 0.3) is 0 Å². The van der Waals surface area contributed by atoms with Crippen LogP contribution in [0.2, 0.25) is 0 Å². The molecular formula is C14H24N2O. The third kappa shape index (κ3) is 1.14. The molecule has 3 nitrogen and oxygen atoms in total. The lowest BCUT2D eigenvalue weighted by molar-refractivity contribution is -0.0895. The van der Waals surface area contributed by atoms with Gasteiger partial charge < -0.3 is 10.1 Å². The Balaban J connectivity index is 1.62. The Labute approximate surface area is 104 Å². The van der Waals surface area contributed by atoms with Gasteiger partial charge in [-0.2, -0.15) is 0 Å². The van der Waals surface area contributed by atoms with Gasteiger partial charge in [0.1, 0.15) is 0 Å². The molecule has 2 aliphatic carbocycles. The average molecular weight is 236 g/mol. The van der Waals surface area contributed by atoms with Crippen LogP contribution < -0.4 is 5.32 Å². The molecule has 1 spiro atoms. The van der Waals surface area contributed by atoms with Crippen LogP contribution in [0.1, 0.15) is 33.1 Å². The topological polar surface area (TPSA) is 24.5 Å². The summed E-state index contributed by atoms with van der Waals surface area (Å²) >= 11 is 0. The number of piperidine rings is 1. The Hall–Kier alpha value is -0.120. The van der Waals surface area contributed by atoms with Crippen molar-refractivity contribution in [1.29, 1.82) is 0 Å². The molecule has 0 aromatic rings. The minimum atomic E-state index is 0.409. The number of hydrogen-bond donors (Lipinski definition) is 1. The fourth-order valence-electron chi connectivity index (χ4n) is 5.56. The number of fused-ring (bicyclic) bond motifs is 1. The van der Waals surface area contributed by atoms with Gasteiger partial charge in [-0.1, -0.05) is 6.42 Å². The van der Waals surface area contributed by atoms with Gasteiger partial charge in [0.25, 0.3) is 0 Å². The Kier molecular flexibility index (Phi) is 2.06. The predicted octanol–water partition coefficient (Wildman–Crippen LogP) is 1.24. The van der Waals surface area contributed by atoms with Gasteiger partial charge in [0.15, 0.2) is 0 Å². The van der Waals surface area contributed by atoms with Crippen molar-refractivity contribution in [3.8, 4) is 0 Å². The molecule has 0 amide bonds. The Bertz CT molecular complexity index is 333. The first-order chi connectivity index (χ1) is 8.19. The molecule has 1 N–H and O–H groups in total. The summed E-state index contributed by atoms with van der Waals surface area (Å²) in [5.41, 5.74) is 1.18. The van der Waals surface area contributed by atoms with E-state index < -0.39 is 0 Å². The second-order valence-electron chi connectivity index (χ2n) is 6.79. The summed E-state index contributed by atoms with van der Waals surface area (Å²) in [7, 11) is 0. The molecule has 4 fully saturated rings. The van der Waals surface area contributed by atoms with Crippen molar-refractivity contribution in [2.45, 2.75) is 50.9 Å². The third-order valence-corrected chi connectivity index (χ3v) is 5.96. The molecule has 3 heteroatoms. The van der Waals surface area contributed by atoms with Crippen LogP contribution in [0.15, 0.2) is 0 Å². The fraction of sp³-hybridized carbons (Fsp3) is 1.00. The van der Waals surface area contributed by atoms with Gasteiger partial charge in [0, 0.05) is 37.1 Å². The number of rotatable bonds is 1. The Morgan fingerprint density at radius 2 is 1.94 bits per heavy atom. The lowest BCUT2D eigenvalue weighted by Gasteiger charge is -2.42. The van der Waals surface area contributed by atoms with Gasteiger partial charge in [-0.25, -0.2) is 0 Å². The van der Waals surface area contributed by atoms with E-state index in [1.54, 1.807) is 0 Å². The van der Waals surface area contributed by atoms with Crippen molar-refractivity contribution in [3.63, 3.8) is 0 Å². The van der Waals surface area contributed by atoms with E-state index in [0.717, 1.165) is 19.0 Å². The van der Waals surface area contributed by atoms with E-state index in [4.69, 9.17) is 4.74 Å². The van der Waals surface area contributed by atoms with Crippen molar-refractivity contribution in [1.82, 2.24) is 10.2 Å². The smallest absolute Gasteiger partial charge is 0.0678 e. The third-order valence-electron chi connectivity index (χ3n) is 5.96. The molecule has 17 heavy (non-hydrogen) atoms. The molecule has 4 aliphatic rings. The second kappa shape index (κ2) is 3.25. The fourth-order valence-corrected chi connectivity index (χ4v) is 5.56. The zero-order chi connectivity index (χ0) is 11.7. The minimum absolute atomic E-state index is 0.409. The molecular weight excluding hydrogens is 212 g/mol. The largest absolute Gasteiger partial charge is 0.373 e. The number of ether oxygens (including phenoxy) is 1. The molecule has 4 rings (SSSR count). The number of morpholine rings is 1. The maximum atomic E-state index is 5.90. The molecule has 0 bridgehead atoms. The summed E-state index contributed by atoms with van der Waals surface area (Å²) in [6.07, 6.45) is 5.22. The van der Waals surface area contributed by atoms with Crippen LogP contribution >= 0.6 is 0 Å². The van der Waals surface area contributed by atoms with Gasteiger partial charge >= 0.3 is 0 Å². The number of nitrogens with zero attached hydrogens (tertiary/aromatic N) is 1. The van der Waals surface area contributed by atoms with Gasteiger partial charge in [0.05, 0.1) is 12.2 Å². The van der Waals surface area contributed by atoms with Gasteiger partial charge in [-0.15, -0.1) is 0 Å². The maximum absolute atomic E-state index is 5.90. The highest BCUT2D eigenvalue weighted by Crippen LogP contribution is 2.75. The first kappa shape index (κ1) is 10.8. The summed E-state index contributed by atoms with van der Waals surface area (Å²) in [6, 6.07) is 0. The highest BCUT2D eigenvalue weighted by molar-refractivity contribution is 5.35. The van der Waals surface area contributed by atoms with E-state index >= 15 is 0 Å². The molecule has 0 aromatic heterocycles. The van der Waals surface area contributed by atoms with Crippen molar-refractivity contribution in [2.75, 3.05) is 26.2 Å². The van der Waals surface area contributed by atoms with Crippen LogP contribution in [0, 0.1) is 11.3 Å². The van der Waals surface area contributed by atoms with Crippen molar-refractivity contribution in [3.05, 3.63) is 0 Å². The molecule has 2 saturated carbocycles. The van der Waals surface area contributed by atoms with Gasteiger partial charge in [-0.3, -0.25) is 4.90 Å². The van der Waals surface area contributed by atoms with E-state index in [1.807, 2.05) is 0 Å². The van der Waals surface area contributed by atoms with Gasteiger partial charge in [-0.05, 0) is 32.6 Å². The van der Waals surface area contributed by atoms with E-state index in [0.29, 0.717) is 23.2 Å². The Morgan fingerprint density at radius 3 is 2.65 bits per heavy atom. The second-order valence-corrected chi connectivity index (χ2v) is 6.79. The van der Waals surface area contributed by atoms with Crippen LogP contribution in [0.5, 0.6) is 0 Å². The molecule has 96 valence electrons. The van der Waals surface area contributed by atoms with Crippen LogP contribution in [-0.2, 0) is 4.74 Å². The zero-order valence-corrected chi connectivity index (χ0v) is 11.0. The highest BCUT2D eigenvalue weighted by Gasteiger charge is 2.81. The van der Waals surface area contributed by atoms with Crippen molar-refractivity contribution >= 4 is 0 Å². The lowest BCUT2D eigenvalue weighted by atomic mass is 9.95. The van der Waals surface area contributed by atoms with Crippen LogP contribution in [0.3, 0.4) is 0 Å². The first-order valence-corrected chi connectivity index (χ1v) is 7.30. The Morgan fingerprint density at radius 1 is 1.18 bits per heavy atom. The van der Waals surface area contributed by atoms with Crippen LogP contribution in [0.4, 0.5) is 0 Å². The minimum Gasteiger partial charge on any atom is -0.373 e. The molecule has 0 aromatic carbocycles.